The second kappa shape index (κ2) is 4.24. The number of alkyl halides is 3. The molecule has 0 aromatic rings. The molecule has 0 radical (unpaired) electrons. The lowest BCUT2D eigenvalue weighted by molar-refractivity contribution is -0.970. The first-order valence-electron chi connectivity index (χ1n) is 3.54. The van der Waals surface area contributed by atoms with Crippen LogP contribution in [0, 0.1) is 30.3 Å². The van der Waals surface area contributed by atoms with E-state index in [1.165, 1.54) is 0 Å². The van der Waals surface area contributed by atoms with Crippen molar-refractivity contribution < 1.29 is 27.9 Å². The van der Waals surface area contributed by atoms with Crippen LogP contribution in [0.1, 0.15) is 12.8 Å². The van der Waals surface area contributed by atoms with E-state index in [1.807, 2.05) is 0 Å². The van der Waals surface area contributed by atoms with Crippen LogP contribution in [0.3, 0.4) is 0 Å². The van der Waals surface area contributed by atoms with Crippen molar-refractivity contribution in [3.8, 4) is 0 Å². The summed E-state index contributed by atoms with van der Waals surface area (Å²) < 4.78 is 35.1. The summed E-state index contributed by atoms with van der Waals surface area (Å²) in [7, 11) is 0. The Kier molecular flexibility index (Phi) is 3.71. The van der Waals surface area contributed by atoms with Gasteiger partial charge >= 0.3 is 12.0 Å². The van der Waals surface area contributed by atoms with Crippen LogP contribution >= 0.6 is 0 Å². The molecule has 0 spiro atoms. The summed E-state index contributed by atoms with van der Waals surface area (Å²) in [5.41, 5.74) is 0. The summed E-state index contributed by atoms with van der Waals surface area (Å²) in [6.07, 6.45) is -8.80. The van der Waals surface area contributed by atoms with E-state index in [1.54, 1.807) is 0 Å². The third-order valence-corrected chi connectivity index (χ3v) is 1.62. The molecule has 0 fully saturated rings. The van der Waals surface area contributed by atoms with Gasteiger partial charge in [0.2, 0.25) is 0 Å². The topological polar surface area (TPSA) is 129 Å². The van der Waals surface area contributed by atoms with Gasteiger partial charge in [-0.05, 0) is 0 Å². The zero-order chi connectivity index (χ0) is 13.1. The van der Waals surface area contributed by atoms with Crippen molar-refractivity contribution in [2.75, 3.05) is 0 Å². The zero-order valence-corrected chi connectivity index (χ0v) is 7.34. The summed E-state index contributed by atoms with van der Waals surface area (Å²) in [5, 5.41) is 30.5. The minimum atomic E-state index is -4.95. The Balaban J connectivity index is 5.16. The van der Waals surface area contributed by atoms with Gasteiger partial charge in [0.15, 0.2) is 21.2 Å². The lowest BCUT2D eigenvalue weighted by atomic mass is 10.2. The molecule has 0 aromatic heterocycles. The van der Waals surface area contributed by atoms with E-state index in [0.29, 0.717) is 0 Å². The molecule has 12 heteroatoms. The normalized spacial score (nSPS) is 12.2. The van der Waals surface area contributed by atoms with E-state index in [4.69, 9.17) is 0 Å². The number of nitro groups is 3. The maximum absolute atomic E-state index is 11.7. The molecule has 0 heterocycles. The van der Waals surface area contributed by atoms with Crippen molar-refractivity contribution >= 4 is 0 Å². The number of rotatable bonds is 5. The fraction of sp³-hybridized carbons (Fsp3) is 1.00. The predicted molar refractivity (Wildman–Crippen MR) is 39.0 cm³/mol. The Morgan fingerprint density at radius 2 is 1.12 bits per heavy atom. The summed E-state index contributed by atoms with van der Waals surface area (Å²) in [5.74, 6) is -4.05. The molecular formula is C4H4F3N3O6. The van der Waals surface area contributed by atoms with Crippen LogP contribution in [-0.4, -0.2) is 26.7 Å². The van der Waals surface area contributed by atoms with Crippen molar-refractivity contribution in [1.29, 1.82) is 0 Å². The van der Waals surface area contributed by atoms with Crippen LogP contribution in [0.15, 0.2) is 0 Å². The fourth-order valence-electron chi connectivity index (χ4n) is 0.783. The van der Waals surface area contributed by atoms with Gasteiger partial charge in [0.1, 0.15) is 0 Å². The van der Waals surface area contributed by atoms with Gasteiger partial charge in [-0.3, -0.25) is 30.3 Å². The maximum atomic E-state index is 11.7. The van der Waals surface area contributed by atoms with Crippen molar-refractivity contribution in [3.05, 3.63) is 30.3 Å². The minimum absolute atomic E-state index is 1.86. The van der Waals surface area contributed by atoms with Crippen molar-refractivity contribution in [2.45, 2.75) is 24.8 Å². The molecule has 0 aliphatic carbocycles. The van der Waals surface area contributed by atoms with Crippen LogP contribution in [0.2, 0.25) is 0 Å². The molecule has 0 atom stereocenters. The molecule has 0 aliphatic heterocycles. The molecule has 0 rings (SSSR count). The highest BCUT2D eigenvalue weighted by Gasteiger charge is 2.70. The monoisotopic (exact) mass is 247 g/mol. The predicted octanol–water partition coefficient (Wildman–Crippen LogP) is 0.813. The van der Waals surface area contributed by atoms with Gasteiger partial charge in [-0.2, -0.15) is 13.2 Å². The van der Waals surface area contributed by atoms with Crippen LogP contribution < -0.4 is 0 Å². The van der Waals surface area contributed by atoms with Crippen LogP contribution in [0.25, 0.3) is 0 Å². The Hall–Kier alpha value is -2.01. The van der Waals surface area contributed by atoms with E-state index in [-0.39, 0.29) is 0 Å². The summed E-state index contributed by atoms with van der Waals surface area (Å²) in [4.78, 5) is 24.7. The van der Waals surface area contributed by atoms with E-state index in [9.17, 15) is 43.5 Å². The lowest BCUT2D eigenvalue weighted by Crippen LogP contribution is -2.53. The Labute approximate surface area is 84.3 Å². The lowest BCUT2D eigenvalue weighted by Gasteiger charge is -2.10. The Morgan fingerprint density at radius 1 is 0.812 bits per heavy atom. The molecule has 9 nitrogen and oxygen atoms in total. The fourth-order valence-corrected chi connectivity index (χ4v) is 0.783. The van der Waals surface area contributed by atoms with E-state index in [2.05, 4.69) is 0 Å². The average Bonchev–Trinajstić information content (AvgIpc) is 2.00. The SMILES string of the molecule is O=[N+]([O-])C(CCC(F)(F)F)([N+](=O)[O-])[N+](=O)[O-]. The van der Waals surface area contributed by atoms with Crippen molar-refractivity contribution in [3.63, 3.8) is 0 Å². The number of hydrogen-bond donors (Lipinski definition) is 0. The second-order valence-electron chi connectivity index (χ2n) is 2.66. The molecule has 0 aromatic carbocycles. The van der Waals surface area contributed by atoms with E-state index >= 15 is 0 Å². The van der Waals surface area contributed by atoms with Gasteiger partial charge < -0.3 is 0 Å². The maximum Gasteiger partial charge on any atom is 0.700 e. The highest BCUT2D eigenvalue weighted by atomic mass is 19.4. The Bertz CT molecular complexity index is 291. The van der Waals surface area contributed by atoms with Crippen molar-refractivity contribution in [1.82, 2.24) is 0 Å². The van der Waals surface area contributed by atoms with Crippen LogP contribution in [-0.2, 0) is 0 Å². The van der Waals surface area contributed by atoms with Gasteiger partial charge in [-0.15, -0.1) is 0 Å². The number of nitrogens with zero attached hydrogens (tertiary/aromatic N) is 3. The average molecular weight is 247 g/mol. The molecule has 0 unspecified atom stereocenters. The van der Waals surface area contributed by atoms with Crippen LogP contribution in [0.5, 0.6) is 0 Å². The highest BCUT2D eigenvalue weighted by Crippen LogP contribution is 2.28. The van der Waals surface area contributed by atoms with Gasteiger partial charge in [-0.1, -0.05) is 0 Å². The first-order chi connectivity index (χ1) is 7.04. The molecule has 0 amide bonds. The standard InChI is InChI=1S/C4H4F3N3O6/c5-3(6,7)1-2-4(8(11)12,9(13)14)10(15)16/h1-2H2. The Morgan fingerprint density at radius 3 is 1.31 bits per heavy atom. The third kappa shape index (κ3) is 2.74. The quantitative estimate of drug-likeness (QED) is 0.401. The van der Waals surface area contributed by atoms with Gasteiger partial charge in [0.25, 0.3) is 0 Å². The van der Waals surface area contributed by atoms with Gasteiger partial charge in [0.05, 0.1) is 6.42 Å². The molecule has 16 heavy (non-hydrogen) atoms. The molecule has 92 valence electrons. The first kappa shape index (κ1) is 14.0. The van der Waals surface area contributed by atoms with Crippen LogP contribution in [0.4, 0.5) is 13.2 Å². The summed E-state index contributed by atoms with van der Waals surface area (Å²) >= 11 is 0. The third-order valence-electron chi connectivity index (χ3n) is 1.62. The van der Waals surface area contributed by atoms with Gasteiger partial charge in [0, 0.05) is 0 Å². The molecular weight excluding hydrogens is 243 g/mol. The first-order valence-corrected chi connectivity index (χ1v) is 3.54. The molecule has 0 bridgehead atoms. The molecule has 0 N–H and O–H groups in total. The molecule has 0 aliphatic rings. The van der Waals surface area contributed by atoms with E-state index in [0.717, 1.165) is 0 Å². The second-order valence-corrected chi connectivity index (χ2v) is 2.66. The van der Waals surface area contributed by atoms with Crippen molar-refractivity contribution in [2.24, 2.45) is 0 Å². The number of hydrogen-bond acceptors (Lipinski definition) is 6. The molecule has 0 saturated carbocycles. The number of halogens is 3. The molecule has 0 saturated heterocycles. The minimum Gasteiger partial charge on any atom is -0.253 e. The highest BCUT2D eigenvalue weighted by molar-refractivity contribution is 4.59. The summed E-state index contributed by atoms with van der Waals surface area (Å²) in [6, 6.07) is 0. The largest absolute Gasteiger partial charge is 0.700 e. The van der Waals surface area contributed by atoms with Gasteiger partial charge in [-0.25, -0.2) is 0 Å². The smallest absolute Gasteiger partial charge is 0.253 e. The summed E-state index contributed by atoms with van der Waals surface area (Å²) in [6.45, 7) is 0. The van der Waals surface area contributed by atoms with E-state index < -0.39 is 39.6 Å². The zero-order valence-electron chi connectivity index (χ0n) is 7.34.